The molecule has 24 heavy (non-hydrogen) atoms. The van der Waals surface area contributed by atoms with Gasteiger partial charge in [-0.25, -0.2) is 4.79 Å². The number of carbonyl (C=O) groups is 1. The van der Waals surface area contributed by atoms with Gasteiger partial charge in [0.25, 0.3) is 0 Å². The van der Waals surface area contributed by atoms with E-state index < -0.39 is 12.0 Å². The zero-order valence-corrected chi connectivity index (χ0v) is 13.7. The Bertz CT molecular complexity index is 742. The Morgan fingerprint density at radius 3 is 2.50 bits per heavy atom. The number of nitrogens with one attached hydrogen (secondary N) is 2. The molecule has 0 fully saturated rings. The summed E-state index contributed by atoms with van der Waals surface area (Å²) in [5.41, 5.74) is 8.18. The maximum atomic E-state index is 11.7. The second-order valence-corrected chi connectivity index (χ2v) is 5.42. The average molecular weight is 327 g/mol. The van der Waals surface area contributed by atoms with Gasteiger partial charge >= 0.3 is 5.97 Å². The summed E-state index contributed by atoms with van der Waals surface area (Å²) in [6.07, 6.45) is 0. The van der Waals surface area contributed by atoms with Crippen molar-refractivity contribution in [1.82, 2.24) is 0 Å². The van der Waals surface area contributed by atoms with E-state index in [1.807, 2.05) is 26.0 Å². The summed E-state index contributed by atoms with van der Waals surface area (Å²) in [4.78, 5) is 11.7. The Labute approximate surface area is 140 Å². The number of nitrogen functional groups attached to an aromatic ring is 1. The van der Waals surface area contributed by atoms with Crippen molar-refractivity contribution in [2.24, 2.45) is 5.73 Å². The Morgan fingerprint density at radius 1 is 1.29 bits per heavy atom. The molecule has 0 radical (unpaired) electrons. The fraction of sp³-hybridized carbons (Fsp3) is 0.222. The highest BCUT2D eigenvalue weighted by molar-refractivity contribution is 5.95. The molecule has 0 saturated carbocycles. The van der Waals surface area contributed by atoms with Gasteiger partial charge in [0.15, 0.2) is 6.04 Å². The lowest BCUT2D eigenvalue weighted by Crippen LogP contribution is -2.21. The number of amidine groups is 1. The van der Waals surface area contributed by atoms with E-state index in [4.69, 9.17) is 15.9 Å². The second-order valence-electron chi connectivity index (χ2n) is 5.42. The SMILES string of the molecule is CCOc1cc(C)cc(C(Nc2ccc(C(=N)N)cc2)C(=O)O)c1. The standard InChI is InChI=1S/C18H21N3O3/c1-3-24-15-9-11(2)8-13(10-15)16(18(22)23)21-14-6-4-12(5-7-14)17(19)20/h4-10,16,21H,3H2,1-2H3,(H3,19,20)(H,22,23). The number of hydrogen-bond donors (Lipinski definition) is 4. The molecule has 0 heterocycles. The highest BCUT2D eigenvalue weighted by atomic mass is 16.5. The minimum Gasteiger partial charge on any atom is -0.494 e. The molecule has 2 aromatic carbocycles. The van der Waals surface area contributed by atoms with Crippen molar-refractivity contribution in [3.05, 3.63) is 59.2 Å². The van der Waals surface area contributed by atoms with Gasteiger partial charge in [-0.1, -0.05) is 6.07 Å². The largest absolute Gasteiger partial charge is 0.494 e. The number of ether oxygens (including phenoxy) is 1. The van der Waals surface area contributed by atoms with Crippen molar-refractivity contribution in [1.29, 1.82) is 5.41 Å². The summed E-state index contributed by atoms with van der Waals surface area (Å²) in [5.74, 6) is -0.373. The number of nitrogens with two attached hydrogens (primary N) is 1. The summed E-state index contributed by atoms with van der Waals surface area (Å²) in [6, 6.07) is 11.2. The molecule has 0 amide bonds. The van der Waals surface area contributed by atoms with Crippen LogP contribution in [0.3, 0.4) is 0 Å². The molecule has 0 saturated heterocycles. The Kier molecular flexibility index (Phi) is 5.42. The maximum Gasteiger partial charge on any atom is 0.330 e. The lowest BCUT2D eigenvalue weighted by Gasteiger charge is -2.18. The van der Waals surface area contributed by atoms with Crippen LogP contribution in [0.2, 0.25) is 0 Å². The number of hydrogen-bond acceptors (Lipinski definition) is 4. The number of rotatable bonds is 7. The van der Waals surface area contributed by atoms with E-state index in [2.05, 4.69) is 5.32 Å². The van der Waals surface area contributed by atoms with E-state index >= 15 is 0 Å². The Morgan fingerprint density at radius 2 is 1.96 bits per heavy atom. The van der Waals surface area contributed by atoms with Crippen LogP contribution in [-0.2, 0) is 4.79 Å². The average Bonchev–Trinajstić information content (AvgIpc) is 2.52. The van der Waals surface area contributed by atoms with Gasteiger partial charge in [0, 0.05) is 11.3 Å². The third kappa shape index (κ3) is 4.25. The van der Waals surface area contributed by atoms with Crippen molar-refractivity contribution >= 4 is 17.5 Å². The van der Waals surface area contributed by atoms with Gasteiger partial charge < -0.3 is 20.9 Å². The molecule has 0 aromatic heterocycles. The minimum atomic E-state index is -0.987. The molecule has 1 atom stereocenters. The molecule has 0 aliphatic rings. The summed E-state index contributed by atoms with van der Waals surface area (Å²) >= 11 is 0. The van der Waals surface area contributed by atoms with E-state index in [-0.39, 0.29) is 5.84 Å². The van der Waals surface area contributed by atoms with Crippen LogP contribution in [0.4, 0.5) is 5.69 Å². The van der Waals surface area contributed by atoms with Gasteiger partial charge in [0.1, 0.15) is 11.6 Å². The quantitative estimate of drug-likeness (QED) is 0.462. The molecule has 6 heteroatoms. The van der Waals surface area contributed by atoms with Crippen molar-refractivity contribution in [3.8, 4) is 5.75 Å². The van der Waals surface area contributed by atoms with Gasteiger partial charge in [-0.15, -0.1) is 0 Å². The number of carboxylic acids is 1. The van der Waals surface area contributed by atoms with E-state index in [0.29, 0.717) is 29.2 Å². The van der Waals surface area contributed by atoms with Gasteiger partial charge in [-0.3, -0.25) is 5.41 Å². The van der Waals surface area contributed by atoms with Crippen molar-refractivity contribution in [2.45, 2.75) is 19.9 Å². The van der Waals surface area contributed by atoms with Crippen LogP contribution in [-0.4, -0.2) is 23.5 Å². The van der Waals surface area contributed by atoms with E-state index in [1.54, 1.807) is 30.3 Å². The number of aliphatic carboxylic acids is 1. The van der Waals surface area contributed by atoms with Crippen molar-refractivity contribution in [2.75, 3.05) is 11.9 Å². The first kappa shape index (κ1) is 17.3. The maximum absolute atomic E-state index is 11.7. The number of anilines is 1. The normalized spacial score (nSPS) is 11.6. The Hall–Kier alpha value is -3.02. The van der Waals surface area contributed by atoms with E-state index in [1.165, 1.54) is 0 Å². The summed E-state index contributed by atoms with van der Waals surface area (Å²) in [6.45, 7) is 4.29. The van der Waals surface area contributed by atoms with Crippen LogP contribution in [0.1, 0.15) is 29.7 Å². The molecular formula is C18H21N3O3. The molecule has 0 bridgehead atoms. The van der Waals surface area contributed by atoms with Crippen LogP contribution in [0.5, 0.6) is 5.75 Å². The van der Waals surface area contributed by atoms with Crippen LogP contribution in [0.15, 0.2) is 42.5 Å². The molecule has 126 valence electrons. The van der Waals surface area contributed by atoms with Gasteiger partial charge in [0.05, 0.1) is 6.61 Å². The fourth-order valence-corrected chi connectivity index (χ4v) is 2.39. The van der Waals surface area contributed by atoms with Gasteiger partial charge in [-0.2, -0.15) is 0 Å². The van der Waals surface area contributed by atoms with E-state index in [9.17, 15) is 9.90 Å². The Balaban J connectivity index is 2.29. The molecule has 2 aromatic rings. The van der Waals surface area contributed by atoms with Gasteiger partial charge in [0.2, 0.25) is 0 Å². The van der Waals surface area contributed by atoms with Crippen LogP contribution in [0.25, 0.3) is 0 Å². The van der Waals surface area contributed by atoms with Crippen LogP contribution in [0, 0.1) is 12.3 Å². The third-order valence-electron chi connectivity index (χ3n) is 3.47. The topological polar surface area (TPSA) is 108 Å². The molecule has 0 aliphatic heterocycles. The predicted molar refractivity (Wildman–Crippen MR) is 93.8 cm³/mol. The second kappa shape index (κ2) is 7.50. The van der Waals surface area contributed by atoms with E-state index in [0.717, 1.165) is 5.56 Å². The monoisotopic (exact) mass is 327 g/mol. The lowest BCUT2D eigenvalue weighted by molar-refractivity contribution is -0.138. The third-order valence-corrected chi connectivity index (χ3v) is 3.47. The number of aryl methyl sites for hydroxylation is 1. The van der Waals surface area contributed by atoms with Crippen molar-refractivity contribution in [3.63, 3.8) is 0 Å². The highest BCUT2D eigenvalue weighted by Crippen LogP contribution is 2.25. The molecule has 1 unspecified atom stereocenters. The van der Waals surface area contributed by atoms with Crippen LogP contribution >= 0.6 is 0 Å². The fourth-order valence-electron chi connectivity index (χ4n) is 2.39. The zero-order chi connectivity index (χ0) is 17.7. The molecule has 6 nitrogen and oxygen atoms in total. The van der Waals surface area contributed by atoms with Gasteiger partial charge in [-0.05, 0) is 61.4 Å². The predicted octanol–water partition coefficient (Wildman–Crippen LogP) is 2.92. The molecular weight excluding hydrogens is 306 g/mol. The number of benzene rings is 2. The van der Waals surface area contributed by atoms with Crippen LogP contribution < -0.4 is 15.8 Å². The highest BCUT2D eigenvalue weighted by Gasteiger charge is 2.21. The first-order valence-corrected chi connectivity index (χ1v) is 7.59. The summed E-state index contributed by atoms with van der Waals surface area (Å²) in [7, 11) is 0. The molecule has 5 N–H and O–H groups in total. The summed E-state index contributed by atoms with van der Waals surface area (Å²) in [5, 5.41) is 20.0. The zero-order valence-electron chi connectivity index (χ0n) is 13.7. The smallest absolute Gasteiger partial charge is 0.330 e. The van der Waals surface area contributed by atoms with Crippen molar-refractivity contribution < 1.29 is 14.6 Å². The molecule has 0 spiro atoms. The molecule has 2 rings (SSSR count). The number of carboxylic acid groups (broad SMARTS) is 1. The molecule has 0 aliphatic carbocycles. The first-order valence-electron chi connectivity index (χ1n) is 7.59. The summed E-state index contributed by atoms with van der Waals surface area (Å²) < 4.78 is 5.49. The first-order chi connectivity index (χ1) is 11.4. The lowest BCUT2D eigenvalue weighted by atomic mass is 10.0. The minimum absolute atomic E-state index is 0.0311.